The minimum absolute atomic E-state index is 0.100. The van der Waals surface area contributed by atoms with Crippen molar-refractivity contribution in [2.24, 2.45) is 0 Å². The van der Waals surface area contributed by atoms with Crippen molar-refractivity contribution in [1.82, 2.24) is 10.2 Å². The van der Waals surface area contributed by atoms with Crippen molar-refractivity contribution in [1.29, 1.82) is 0 Å². The summed E-state index contributed by atoms with van der Waals surface area (Å²) in [6, 6.07) is 12.9. The van der Waals surface area contributed by atoms with Gasteiger partial charge < -0.3 is 14.8 Å². The third kappa shape index (κ3) is 5.14. The van der Waals surface area contributed by atoms with E-state index >= 15 is 0 Å². The normalized spacial score (nSPS) is 14.9. The van der Waals surface area contributed by atoms with Gasteiger partial charge >= 0.3 is 12.0 Å². The van der Waals surface area contributed by atoms with E-state index in [2.05, 4.69) is 32.6 Å². The molecule has 3 rings (SSSR count). The van der Waals surface area contributed by atoms with Gasteiger partial charge in [-0.3, -0.25) is 9.59 Å². The maximum atomic E-state index is 12.3. The van der Waals surface area contributed by atoms with E-state index in [-0.39, 0.29) is 5.70 Å². The first-order valence-electron chi connectivity index (χ1n) is 8.76. The molecule has 1 fully saturated rings. The van der Waals surface area contributed by atoms with Crippen LogP contribution in [-0.4, -0.2) is 36.5 Å². The SMILES string of the molecule is COC(=O)CN1C(=O)N/C(=C/c2ccc(OCc3ccc(C)cc3)c(I)c2)C1=O. The second-order valence-corrected chi connectivity index (χ2v) is 7.58. The zero-order chi connectivity index (χ0) is 21.0. The van der Waals surface area contributed by atoms with Gasteiger partial charge in [0.2, 0.25) is 0 Å². The van der Waals surface area contributed by atoms with Crippen LogP contribution in [0.3, 0.4) is 0 Å². The van der Waals surface area contributed by atoms with E-state index in [9.17, 15) is 14.4 Å². The molecule has 0 spiro atoms. The topological polar surface area (TPSA) is 84.9 Å². The van der Waals surface area contributed by atoms with Gasteiger partial charge in [0.1, 0.15) is 24.6 Å². The molecule has 0 unspecified atom stereocenters. The summed E-state index contributed by atoms with van der Waals surface area (Å²) in [6.45, 7) is 2.06. The van der Waals surface area contributed by atoms with Crippen molar-refractivity contribution in [2.45, 2.75) is 13.5 Å². The number of hydrogen-bond donors (Lipinski definition) is 1. The van der Waals surface area contributed by atoms with E-state index in [1.807, 2.05) is 43.3 Å². The number of nitrogens with zero attached hydrogens (tertiary/aromatic N) is 1. The number of imide groups is 1. The van der Waals surface area contributed by atoms with Gasteiger partial charge in [-0.2, -0.15) is 0 Å². The van der Waals surface area contributed by atoms with Gasteiger partial charge in [0.25, 0.3) is 5.91 Å². The van der Waals surface area contributed by atoms with Crippen molar-refractivity contribution in [3.05, 3.63) is 68.4 Å². The number of aryl methyl sites for hydroxylation is 1. The van der Waals surface area contributed by atoms with Gasteiger partial charge in [-0.15, -0.1) is 0 Å². The molecule has 1 aliphatic rings. The Labute approximate surface area is 181 Å². The summed E-state index contributed by atoms with van der Waals surface area (Å²) in [5.74, 6) is -0.517. The lowest BCUT2D eigenvalue weighted by Crippen LogP contribution is -2.36. The van der Waals surface area contributed by atoms with E-state index in [0.29, 0.717) is 6.61 Å². The molecule has 3 amide bonds. The molecule has 0 saturated carbocycles. The Morgan fingerprint density at radius 1 is 1.17 bits per heavy atom. The van der Waals surface area contributed by atoms with Crippen LogP contribution in [-0.2, 0) is 20.9 Å². The highest BCUT2D eigenvalue weighted by Crippen LogP contribution is 2.25. The molecule has 29 heavy (non-hydrogen) atoms. The van der Waals surface area contributed by atoms with E-state index in [1.165, 1.54) is 12.7 Å². The number of urea groups is 1. The van der Waals surface area contributed by atoms with Crippen LogP contribution in [0.1, 0.15) is 16.7 Å². The number of hydrogen-bond acceptors (Lipinski definition) is 5. The zero-order valence-electron chi connectivity index (χ0n) is 15.9. The van der Waals surface area contributed by atoms with Crippen LogP contribution in [0.5, 0.6) is 5.75 Å². The van der Waals surface area contributed by atoms with Crippen molar-refractivity contribution in [3.8, 4) is 5.75 Å². The molecular formula is C21H19IN2O5. The standard InChI is InChI=1S/C21H19IN2O5/c1-13-3-5-14(6-4-13)12-29-18-8-7-15(9-16(18)22)10-17-20(26)24(21(27)23-17)11-19(25)28-2/h3-10H,11-12H2,1-2H3,(H,23,27)/b17-10+. The summed E-state index contributed by atoms with van der Waals surface area (Å²) in [5, 5.41) is 2.47. The number of esters is 1. The van der Waals surface area contributed by atoms with Gasteiger partial charge in [0.15, 0.2) is 0 Å². The molecule has 0 bridgehead atoms. The first-order valence-corrected chi connectivity index (χ1v) is 9.84. The number of carbonyl (C=O) groups is 3. The quantitative estimate of drug-likeness (QED) is 0.282. The number of ether oxygens (including phenoxy) is 2. The van der Waals surface area contributed by atoms with Gasteiger partial charge in [0.05, 0.1) is 10.7 Å². The van der Waals surface area contributed by atoms with E-state index in [0.717, 1.165) is 25.3 Å². The molecule has 0 aliphatic carbocycles. The largest absolute Gasteiger partial charge is 0.488 e. The number of methoxy groups -OCH3 is 1. The average molecular weight is 506 g/mol. The lowest BCUT2D eigenvalue weighted by atomic mass is 10.1. The summed E-state index contributed by atoms with van der Waals surface area (Å²) >= 11 is 2.16. The van der Waals surface area contributed by atoms with Gasteiger partial charge in [0, 0.05) is 0 Å². The predicted octanol–water partition coefficient (Wildman–Crippen LogP) is 3.24. The Morgan fingerprint density at radius 3 is 2.55 bits per heavy atom. The van der Waals surface area contributed by atoms with Crippen LogP contribution in [0.15, 0.2) is 48.2 Å². The molecule has 150 valence electrons. The lowest BCUT2D eigenvalue weighted by Gasteiger charge is -2.10. The second kappa shape index (κ2) is 9.08. The Morgan fingerprint density at radius 2 is 1.90 bits per heavy atom. The Balaban J connectivity index is 1.69. The smallest absolute Gasteiger partial charge is 0.329 e. The van der Waals surface area contributed by atoms with Crippen molar-refractivity contribution < 1.29 is 23.9 Å². The van der Waals surface area contributed by atoms with Gasteiger partial charge in [-0.05, 0) is 58.9 Å². The number of carbonyl (C=O) groups excluding carboxylic acids is 3. The molecule has 2 aromatic carbocycles. The van der Waals surface area contributed by atoms with Crippen LogP contribution in [0.2, 0.25) is 0 Å². The Hall–Kier alpha value is -2.88. The summed E-state index contributed by atoms with van der Waals surface area (Å²) in [5.41, 5.74) is 3.09. The molecule has 0 radical (unpaired) electrons. The Kier molecular flexibility index (Phi) is 6.53. The molecule has 0 aromatic heterocycles. The van der Waals surface area contributed by atoms with Crippen LogP contribution in [0.25, 0.3) is 6.08 Å². The number of amides is 3. The van der Waals surface area contributed by atoms with Crippen LogP contribution in [0.4, 0.5) is 4.79 Å². The summed E-state index contributed by atoms with van der Waals surface area (Å²) in [7, 11) is 1.20. The molecule has 7 nitrogen and oxygen atoms in total. The molecule has 2 aromatic rings. The van der Waals surface area contributed by atoms with Crippen molar-refractivity contribution >= 4 is 46.6 Å². The fraction of sp³-hybridized carbons (Fsp3) is 0.190. The molecule has 8 heteroatoms. The van der Waals surface area contributed by atoms with E-state index in [1.54, 1.807) is 12.1 Å². The molecule has 0 atom stereocenters. The average Bonchev–Trinajstić information content (AvgIpc) is 2.96. The van der Waals surface area contributed by atoms with Crippen molar-refractivity contribution in [3.63, 3.8) is 0 Å². The third-order valence-electron chi connectivity index (χ3n) is 4.26. The molecule has 1 heterocycles. The Bertz CT molecular complexity index is 985. The fourth-order valence-electron chi connectivity index (χ4n) is 2.64. The number of nitrogens with one attached hydrogen (secondary N) is 1. The van der Waals surface area contributed by atoms with Gasteiger partial charge in [-0.25, -0.2) is 9.69 Å². The number of halogens is 1. The fourth-order valence-corrected chi connectivity index (χ4v) is 3.34. The highest BCUT2D eigenvalue weighted by molar-refractivity contribution is 14.1. The predicted molar refractivity (Wildman–Crippen MR) is 115 cm³/mol. The third-order valence-corrected chi connectivity index (χ3v) is 5.10. The lowest BCUT2D eigenvalue weighted by molar-refractivity contribution is -0.143. The van der Waals surface area contributed by atoms with E-state index in [4.69, 9.17) is 4.74 Å². The monoisotopic (exact) mass is 506 g/mol. The highest BCUT2D eigenvalue weighted by atomic mass is 127. The molecular weight excluding hydrogens is 487 g/mol. The maximum Gasteiger partial charge on any atom is 0.329 e. The maximum absolute atomic E-state index is 12.3. The number of benzene rings is 2. The summed E-state index contributed by atoms with van der Waals surface area (Å²) < 4.78 is 11.2. The molecule has 1 N–H and O–H groups in total. The van der Waals surface area contributed by atoms with Crippen LogP contribution < -0.4 is 10.1 Å². The molecule has 1 aliphatic heterocycles. The van der Waals surface area contributed by atoms with Crippen LogP contribution >= 0.6 is 22.6 Å². The first kappa shape index (κ1) is 20.8. The van der Waals surface area contributed by atoms with Crippen molar-refractivity contribution in [2.75, 3.05) is 13.7 Å². The summed E-state index contributed by atoms with van der Waals surface area (Å²) in [4.78, 5) is 36.4. The summed E-state index contributed by atoms with van der Waals surface area (Å²) in [6.07, 6.45) is 1.56. The van der Waals surface area contributed by atoms with Gasteiger partial charge in [-0.1, -0.05) is 35.9 Å². The minimum Gasteiger partial charge on any atom is -0.488 e. The molecule has 1 saturated heterocycles. The van der Waals surface area contributed by atoms with Crippen LogP contribution in [0, 0.1) is 10.5 Å². The second-order valence-electron chi connectivity index (χ2n) is 6.42. The minimum atomic E-state index is -0.667. The van der Waals surface area contributed by atoms with E-state index < -0.39 is 24.5 Å². The first-order chi connectivity index (χ1) is 13.9. The number of rotatable bonds is 6. The highest BCUT2D eigenvalue weighted by Gasteiger charge is 2.35. The zero-order valence-corrected chi connectivity index (χ0v) is 18.1.